The lowest BCUT2D eigenvalue weighted by atomic mass is 10.00. The molecule has 0 heterocycles. The van der Waals surface area contributed by atoms with Gasteiger partial charge in [-0.15, -0.1) is 0 Å². The van der Waals surface area contributed by atoms with Gasteiger partial charge in [-0.05, 0) is 24.5 Å². The highest BCUT2D eigenvalue weighted by atomic mass is 16.5. The van der Waals surface area contributed by atoms with Crippen molar-refractivity contribution in [3.8, 4) is 0 Å². The third-order valence-electron chi connectivity index (χ3n) is 3.86. The molecule has 0 saturated heterocycles. The van der Waals surface area contributed by atoms with E-state index in [1.165, 1.54) is 0 Å². The van der Waals surface area contributed by atoms with Gasteiger partial charge in [0.05, 0.1) is 12.3 Å². The monoisotopic (exact) mass is 351 g/mol. The number of hydrogen-bond acceptors (Lipinski definition) is 4. The van der Waals surface area contributed by atoms with Crippen LogP contribution in [0.3, 0.4) is 0 Å². The summed E-state index contributed by atoms with van der Waals surface area (Å²) >= 11 is 0. The van der Waals surface area contributed by atoms with Gasteiger partial charge in [-0.2, -0.15) is 0 Å². The van der Waals surface area contributed by atoms with Crippen molar-refractivity contribution >= 4 is 17.4 Å². The van der Waals surface area contributed by atoms with Crippen LogP contribution < -0.4 is 5.32 Å². The Morgan fingerprint density at radius 1 is 0.923 bits per heavy atom. The highest BCUT2D eigenvalue weighted by Crippen LogP contribution is 2.20. The van der Waals surface area contributed by atoms with Crippen molar-refractivity contribution in [1.82, 2.24) is 5.32 Å². The van der Waals surface area contributed by atoms with E-state index in [9.17, 15) is 9.59 Å². The van der Waals surface area contributed by atoms with E-state index in [2.05, 4.69) is 5.32 Å². The molecule has 4 heteroatoms. The highest BCUT2D eigenvalue weighted by molar-refractivity contribution is 6.22. The molecular formula is C22H25NO3. The fraction of sp³-hybridized carbons (Fsp3) is 0.273. The molecule has 4 nitrogen and oxygen atoms in total. The number of ketones is 1. The number of carbonyl (C=O) groups is 2. The molecule has 2 aromatic carbocycles. The Bertz CT molecular complexity index is 731. The van der Waals surface area contributed by atoms with Crippen LogP contribution in [0.1, 0.15) is 37.8 Å². The fourth-order valence-corrected chi connectivity index (χ4v) is 2.64. The molecule has 0 unspecified atom stereocenters. The summed E-state index contributed by atoms with van der Waals surface area (Å²) in [4.78, 5) is 25.2. The van der Waals surface area contributed by atoms with Gasteiger partial charge >= 0.3 is 5.97 Å². The molecule has 0 aliphatic carbocycles. The third-order valence-corrected chi connectivity index (χ3v) is 3.86. The molecule has 2 aromatic rings. The van der Waals surface area contributed by atoms with Crippen molar-refractivity contribution in [2.75, 3.05) is 6.61 Å². The molecular weight excluding hydrogens is 326 g/mol. The number of Topliss-reactive ketones (excluding diaryl/α,β-unsaturated/α-hetero) is 1. The summed E-state index contributed by atoms with van der Waals surface area (Å²) in [5.41, 5.74) is 2.46. The SMILES string of the molecule is CCCC(=O)/C(C(=O)OCC)=C(\NCc1ccccc1)c1ccccc1. The van der Waals surface area contributed by atoms with E-state index in [4.69, 9.17) is 4.74 Å². The minimum Gasteiger partial charge on any atom is -0.462 e. The summed E-state index contributed by atoms with van der Waals surface area (Å²) in [6, 6.07) is 19.3. The molecule has 2 rings (SSSR count). The lowest BCUT2D eigenvalue weighted by Gasteiger charge is -2.16. The molecule has 0 spiro atoms. The van der Waals surface area contributed by atoms with E-state index < -0.39 is 5.97 Å². The molecule has 0 fully saturated rings. The van der Waals surface area contributed by atoms with Crippen molar-refractivity contribution < 1.29 is 14.3 Å². The first kappa shape index (κ1) is 19.4. The number of esters is 1. The van der Waals surface area contributed by atoms with Crippen LogP contribution in [0, 0.1) is 0 Å². The maximum atomic E-state index is 12.7. The first-order valence-electron chi connectivity index (χ1n) is 8.95. The lowest BCUT2D eigenvalue weighted by molar-refractivity contribution is -0.140. The standard InChI is InChI=1S/C22H25NO3/c1-3-11-19(24)20(22(25)26-4-2)21(18-14-9-6-10-15-18)23-16-17-12-7-5-8-13-17/h5-10,12-15,23H,3-4,11,16H2,1-2H3/b21-20+. The third kappa shape index (κ3) is 5.31. The van der Waals surface area contributed by atoms with E-state index in [1.807, 2.05) is 67.6 Å². The highest BCUT2D eigenvalue weighted by Gasteiger charge is 2.24. The predicted molar refractivity (Wildman–Crippen MR) is 103 cm³/mol. The summed E-state index contributed by atoms with van der Waals surface area (Å²) in [6.45, 7) is 4.38. The summed E-state index contributed by atoms with van der Waals surface area (Å²) < 4.78 is 5.17. The van der Waals surface area contributed by atoms with E-state index in [0.29, 0.717) is 25.1 Å². The Morgan fingerprint density at radius 3 is 2.12 bits per heavy atom. The van der Waals surface area contributed by atoms with Crippen LogP contribution in [0.25, 0.3) is 5.70 Å². The van der Waals surface area contributed by atoms with Gasteiger partial charge in [-0.25, -0.2) is 4.79 Å². The average molecular weight is 351 g/mol. The number of carbonyl (C=O) groups excluding carboxylic acids is 2. The molecule has 0 aliphatic rings. The summed E-state index contributed by atoms with van der Waals surface area (Å²) in [5, 5.41) is 3.29. The second kappa shape index (κ2) is 10.2. The normalized spacial score (nSPS) is 11.5. The number of hydrogen-bond donors (Lipinski definition) is 1. The van der Waals surface area contributed by atoms with Gasteiger partial charge in [0.25, 0.3) is 0 Å². The second-order valence-electron chi connectivity index (χ2n) is 5.85. The van der Waals surface area contributed by atoms with Gasteiger partial charge in [0.1, 0.15) is 5.57 Å². The van der Waals surface area contributed by atoms with E-state index >= 15 is 0 Å². The predicted octanol–water partition coefficient (Wildman–Crippen LogP) is 4.12. The maximum absolute atomic E-state index is 12.7. The van der Waals surface area contributed by atoms with Gasteiger partial charge in [0.2, 0.25) is 0 Å². The van der Waals surface area contributed by atoms with Crippen LogP contribution in [0.15, 0.2) is 66.2 Å². The van der Waals surface area contributed by atoms with Crippen molar-refractivity contribution in [3.63, 3.8) is 0 Å². The van der Waals surface area contributed by atoms with Crippen LogP contribution in [-0.4, -0.2) is 18.4 Å². The Hall–Kier alpha value is -2.88. The topological polar surface area (TPSA) is 55.4 Å². The van der Waals surface area contributed by atoms with E-state index in [-0.39, 0.29) is 18.0 Å². The average Bonchev–Trinajstić information content (AvgIpc) is 2.67. The van der Waals surface area contributed by atoms with Crippen LogP contribution in [0.4, 0.5) is 0 Å². The molecule has 0 aromatic heterocycles. The number of benzene rings is 2. The van der Waals surface area contributed by atoms with E-state index in [0.717, 1.165) is 11.1 Å². The van der Waals surface area contributed by atoms with Crippen molar-refractivity contribution in [2.24, 2.45) is 0 Å². The van der Waals surface area contributed by atoms with E-state index in [1.54, 1.807) is 6.92 Å². The molecule has 0 saturated carbocycles. The maximum Gasteiger partial charge on any atom is 0.343 e. The lowest BCUT2D eigenvalue weighted by Crippen LogP contribution is -2.24. The molecule has 0 aliphatic heterocycles. The minimum absolute atomic E-state index is 0.0934. The Morgan fingerprint density at radius 2 is 1.54 bits per heavy atom. The summed E-state index contributed by atoms with van der Waals surface area (Å²) in [7, 11) is 0. The van der Waals surface area contributed by atoms with Gasteiger partial charge in [0, 0.05) is 13.0 Å². The van der Waals surface area contributed by atoms with Crippen LogP contribution in [0.5, 0.6) is 0 Å². The molecule has 0 atom stereocenters. The largest absolute Gasteiger partial charge is 0.462 e. The molecule has 136 valence electrons. The number of nitrogens with one attached hydrogen (secondary N) is 1. The molecule has 1 N–H and O–H groups in total. The van der Waals surface area contributed by atoms with Gasteiger partial charge in [0.15, 0.2) is 5.78 Å². The Kier molecular flexibility index (Phi) is 7.62. The smallest absolute Gasteiger partial charge is 0.343 e. The van der Waals surface area contributed by atoms with Crippen molar-refractivity contribution in [2.45, 2.75) is 33.2 Å². The molecule has 0 amide bonds. The van der Waals surface area contributed by atoms with Gasteiger partial charge < -0.3 is 10.1 Å². The summed E-state index contributed by atoms with van der Waals surface area (Å²) in [6.07, 6.45) is 0.972. The van der Waals surface area contributed by atoms with Crippen LogP contribution >= 0.6 is 0 Å². The zero-order valence-electron chi connectivity index (χ0n) is 15.3. The quantitative estimate of drug-likeness (QED) is 0.320. The molecule has 0 radical (unpaired) electrons. The zero-order valence-corrected chi connectivity index (χ0v) is 15.3. The Labute approximate surface area is 154 Å². The van der Waals surface area contributed by atoms with Crippen LogP contribution in [-0.2, 0) is 20.9 Å². The number of ether oxygens (including phenoxy) is 1. The summed E-state index contributed by atoms with van der Waals surface area (Å²) in [5.74, 6) is -0.782. The van der Waals surface area contributed by atoms with Crippen LogP contribution in [0.2, 0.25) is 0 Å². The number of rotatable bonds is 9. The van der Waals surface area contributed by atoms with Gasteiger partial charge in [-0.1, -0.05) is 67.6 Å². The zero-order chi connectivity index (χ0) is 18.8. The van der Waals surface area contributed by atoms with Gasteiger partial charge in [-0.3, -0.25) is 4.79 Å². The Balaban J connectivity index is 2.46. The van der Waals surface area contributed by atoms with Crippen molar-refractivity contribution in [3.05, 3.63) is 77.4 Å². The van der Waals surface area contributed by atoms with Crippen molar-refractivity contribution in [1.29, 1.82) is 0 Å². The molecule has 0 bridgehead atoms. The fourth-order valence-electron chi connectivity index (χ4n) is 2.64. The second-order valence-corrected chi connectivity index (χ2v) is 5.85. The first-order valence-corrected chi connectivity index (χ1v) is 8.95. The molecule has 26 heavy (non-hydrogen) atoms. The minimum atomic E-state index is -0.578. The first-order chi connectivity index (χ1) is 12.7.